The molecule has 22 heavy (non-hydrogen) atoms. The largest absolute Gasteiger partial charge is 0.381 e. The van der Waals surface area contributed by atoms with E-state index < -0.39 is 9.84 Å². The molecule has 124 valence electrons. The van der Waals surface area contributed by atoms with Gasteiger partial charge in [0, 0.05) is 31.6 Å². The minimum Gasteiger partial charge on any atom is -0.381 e. The smallest absolute Gasteiger partial charge is 0.251 e. The van der Waals surface area contributed by atoms with Crippen LogP contribution in [-0.2, 0) is 20.3 Å². The van der Waals surface area contributed by atoms with Gasteiger partial charge in [-0.05, 0) is 30.0 Å². The van der Waals surface area contributed by atoms with E-state index in [1.54, 1.807) is 24.3 Å². The van der Waals surface area contributed by atoms with E-state index in [4.69, 9.17) is 4.74 Å². The minimum absolute atomic E-state index is 0.0118. The minimum atomic E-state index is -3.05. The molecule has 0 atom stereocenters. The van der Waals surface area contributed by atoms with Crippen molar-refractivity contribution in [2.45, 2.75) is 26.0 Å². The number of rotatable bonds is 9. The van der Waals surface area contributed by atoms with Gasteiger partial charge in [-0.2, -0.15) is 0 Å². The second-order valence-electron chi connectivity index (χ2n) is 5.85. The molecule has 0 bridgehead atoms. The van der Waals surface area contributed by atoms with Gasteiger partial charge in [0.1, 0.15) is 0 Å². The lowest BCUT2D eigenvalue weighted by Crippen LogP contribution is -2.25. The fourth-order valence-corrected chi connectivity index (χ4v) is 2.65. The van der Waals surface area contributed by atoms with Crippen molar-refractivity contribution >= 4 is 15.7 Å². The fourth-order valence-electron chi connectivity index (χ4n) is 1.85. The van der Waals surface area contributed by atoms with Gasteiger partial charge in [-0.1, -0.05) is 26.0 Å². The van der Waals surface area contributed by atoms with Gasteiger partial charge in [0.05, 0.1) is 5.75 Å². The van der Waals surface area contributed by atoms with Crippen molar-refractivity contribution in [3.63, 3.8) is 0 Å². The average Bonchev–Trinajstić information content (AvgIpc) is 2.41. The number of hydrogen-bond donors (Lipinski definition) is 1. The predicted molar refractivity (Wildman–Crippen MR) is 87.6 cm³/mol. The molecule has 0 radical (unpaired) electrons. The van der Waals surface area contributed by atoms with E-state index in [1.807, 2.05) is 0 Å². The molecular weight excluding hydrogens is 302 g/mol. The van der Waals surface area contributed by atoms with E-state index in [1.165, 1.54) is 6.26 Å². The molecule has 0 spiro atoms. The molecule has 5 nitrogen and oxygen atoms in total. The summed E-state index contributed by atoms with van der Waals surface area (Å²) in [6.07, 6.45) is 1.96. The zero-order valence-electron chi connectivity index (χ0n) is 13.5. The first-order chi connectivity index (χ1) is 10.3. The first-order valence-corrected chi connectivity index (χ1v) is 9.46. The highest BCUT2D eigenvalue weighted by molar-refractivity contribution is 7.89. The van der Waals surface area contributed by atoms with Gasteiger partial charge in [-0.25, -0.2) is 8.42 Å². The molecule has 6 heteroatoms. The van der Waals surface area contributed by atoms with Gasteiger partial charge >= 0.3 is 0 Å². The van der Waals surface area contributed by atoms with Crippen molar-refractivity contribution in [3.05, 3.63) is 35.4 Å². The zero-order chi connectivity index (χ0) is 16.6. The molecular formula is C16H25NO4S. The highest BCUT2D eigenvalue weighted by Gasteiger charge is 2.07. The van der Waals surface area contributed by atoms with Crippen LogP contribution in [0.2, 0.25) is 0 Å². The summed E-state index contributed by atoms with van der Waals surface area (Å²) >= 11 is 0. The molecule has 1 aromatic rings. The molecule has 0 saturated heterocycles. The van der Waals surface area contributed by atoms with E-state index >= 15 is 0 Å². The van der Waals surface area contributed by atoms with Crippen molar-refractivity contribution in [2.75, 3.05) is 26.0 Å². The van der Waals surface area contributed by atoms with Gasteiger partial charge in [0.2, 0.25) is 0 Å². The normalized spacial score (nSPS) is 11.6. The number of carbonyl (C=O) groups is 1. The maximum Gasteiger partial charge on any atom is 0.251 e. The first-order valence-electron chi connectivity index (χ1n) is 7.40. The third-order valence-corrected chi connectivity index (χ3v) is 3.70. The number of amides is 1. The number of benzene rings is 1. The summed E-state index contributed by atoms with van der Waals surface area (Å²) in [5, 5.41) is 2.82. The highest BCUT2D eigenvalue weighted by Crippen LogP contribution is 2.08. The van der Waals surface area contributed by atoms with Crippen LogP contribution in [0.5, 0.6) is 0 Å². The number of ether oxygens (including phenoxy) is 1. The molecule has 0 aromatic heterocycles. The first kappa shape index (κ1) is 18.6. The van der Waals surface area contributed by atoms with Crippen LogP contribution in [0.25, 0.3) is 0 Å². The molecule has 0 saturated carbocycles. The third-order valence-electron chi connectivity index (χ3n) is 2.85. The predicted octanol–water partition coefficient (Wildman–Crippen LogP) is 2.02. The van der Waals surface area contributed by atoms with Crippen molar-refractivity contribution in [2.24, 2.45) is 5.92 Å². The third kappa shape index (κ3) is 8.14. The molecule has 0 heterocycles. The Morgan fingerprint density at radius 1 is 1.23 bits per heavy atom. The van der Waals surface area contributed by atoms with Crippen LogP contribution in [0, 0.1) is 5.92 Å². The Kier molecular flexibility index (Phi) is 7.55. The monoisotopic (exact) mass is 327 g/mol. The van der Waals surface area contributed by atoms with Gasteiger partial charge in [-0.3, -0.25) is 4.79 Å². The van der Waals surface area contributed by atoms with E-state index in [9.17, 15) is 13.2 Å². The van der Waals surface area contributed by atoms with E-state index in [2.05, 4.69) is 19.2 Å². The molecule has 0 aliphatic heterocycles. The standard InChI is InChI=1S/C16H25NO4S/c1-13(2)11-21-10-4-9-17-16(18)15-7-5-14(6-8-15)12-22(3,19)20/h5-8,13H,4,9-12H2,1-3H3,(H,17,18). The van der Waals surface area contributed by atoms with Crippen molar-refractivity contribution < 1.29 is 17.9 Å². The Balaban J connectivity index is 2.34. The van der Waals surface area contributed by atoms with Gasteiger partial charge in [0.25, 0.3) is 5.91 Å². The summed E-state index contributed by atoms with van der Waals surface area (Å²) in [7, 11) is -3.05. The molecule has 0 fully saturated rings. The van der Waals surface area contributed by atoms with Gasteiger partial charge in [-0.15, -0.1) is 0 Å². The van der Waals surface area contributed by atoms with Crippen LogP contribution in [0.1, 0.15) is 36.2 Å². The van der Waals surface area contributed by atoms with E-state index in [0.29, 0.717) is 30.2 Å². The van der Waals surface area contributed by atoms with Crippen molar-refractivity contribution in [1.82, 2.24) is 5.32 Å². The summed E-state index contributed by atoms with van der Waals surface area (Å²) < 4.78 is 27.8. The highest BCUT2D eigenvalue weighted by atomic mass is 32.2. The topological polar surface area (TPSA) is 72.5 Å². The van der Waals surface area contributed by atoms with Crippen LogP contribution in [0.15, 0.2) is 24.3 Å². The molecule has 0 aliphatic carbocycles. The quantitative estimate of drug-likeness (QED) is 0.704. The van der Waals surface area contributed by atoms with Crippen LogP contribution in [0.3, 0.4) is 0 Å². The maximum absolute atomic E-state index is 11.9. The van der Waals surface area contributed by atoms with Gasteiger partial charge in [0.15, 0.2) is 9.84 Å². The Bertz CT molecular complexity index is 564. The Labute approximate surface area is 133 Å². The lowest BCUT2D eigenvalue weighted by molar-refractivity contribution is 0.0925. The van der Waals surface area contributed by atoms with Crippen molar-refractivity contribution in [3.8, 4) is 0 Å². The Hall–Kier alpha value is -1.40. The second kappa shape index (κ2) is 8.90. The number of nitrogens with one attached hydrogen (secondary N) is 1. The van der Waals surface area contributed by atoms with Crippen LogP contribution in [0.4, 0.5) is 0 Å². The summed E-state index contributed by atoms with van der Waals surface area (Å²) in [5.74, 6) is 0.344. The molecule has 1 N–H and O–H groups in total. The van der Waals surface area contributed by atoms with Crippen molar-refractivity contribution in [1.29, 1.82) is 0 Å². The van der Waals surface area contributed by atoms with E-state index in [0.717, 1.165) is 13.0 Å². The summed E-state index contributed by atoms with van der Waals surface area (Å²) in [4.78, 5) is 11.9. The zero-order valence-corrected chi connectivity index (χ0v) is 14.3. The Morgan fingerprint density at radius 3 is 2.41 bits per heavy atom. The number of hydrogen-bond acceptors (Lipinski definition) is 4. The SMILES string of the molecule is CC(C)COCCCNC(=O)c1ccc(CS(C)(=O)=O)cc1. The number of sulfone groups is 1. The lowest BCUT2D eigenvalue weighted by atomic mass is 10.1. The van der Waals surface area contributed by atoms with Gasteiger partial charge < -0.3 is 10.1 Å². The summed E-state index contributed by atoms with van der Waals surface area (Å²) in [6.45, 7) is 6.11. The average molecular weight is 327 g/mol. The fraction of sp³-hybridized carbons (Fsp3) is 0.562. The molecule has 1 rings (SSSR count). The summed E-state index contributed by atoms with van der Waals surface area (Å²) in [5.41, 5.74) is 1.21. The van der Waals surface area contributed by atoms with Crippen LogP contribution in [-0.4, -0.2) is 40.3 Å². The second-order valence-corrected chi connectivity index (χ2v) is 7.99. The van der Waals surface area contributed by atoms with Crippen LogP contribution < -0.4 is 5.32 Å². The molecule has 0 aliphatic rings. The maximum atomic E-state index is 11.9. The molecule has 0 unspecified atom stereocenters. The van der Waals surface area contributed by atoms with Crippen LogP contribution >= 0.6 is 0 Å². The summed E-state index contributed by atoms with van der Waals surface area (Å²) in [6, 6.07) is 6.62. The molecule has 1 amide bonds. The number of carbonyl (C=O) groups excluding carboxylic acids is 1. The van der Waals surface area contributed by atoms with E-state index in [-0.39, 0.29) is 11.7 Å². The lowest BCUT2D eigenvalue weighted by Gasteiger charge is -2.08. The Morgan fingerprint density at radius 2 is 1.86 bits per heavy atom. The molecule has 1 aromatic carbocycles.